The van der Waals surface area contributed by atoms with E-state index in [1.807, 2.05) is 20.8 Å². The highest BCUT2D eigenvalue weighted by Gasteiger charge is 2.37. The summed E-state index contributed by atoms with van der Waals surface area (Å²) in [6.07, 6.45) is 0.803. The van der Waals surface area contributed by atoms with Gasteiger partial charge in [-0.25, -0.2) is 0 Å². The van der Waals surface area contributed by atoms with Gasteiger partial charge >= 0.3 is 0 Å². The lowest BCUT2D eigenvalue weighted by molar-refractivity contribution is -0.127. The first-order chi connectivity index (χ1) is 13.8. The number of hydrogen-bond acceptors (Lipinski definition) is 4. The minimum Gasteiger partial charge on any atom is -0.496 e. The van der Waals surface area contributed by atoms with Crippen LogP contribution >= 0.6 is 11.6 Å². The van der Waals surface area contributed by atoms with Crippen LogP contribution in [0.1, 0.15) is 37.6 Å². The lowest BCUT2D eigenvalue weighted by Crippen LogP contribution is -2.42. The third-order valence-corrected chi connectivity index (χ3v) is 5.01. The van der Waals surface area contributed by atoms with Crippen LogP contribution in [0.15, 0.2) is 36.4 Å². The van der Waals surface area contributed by atoms with Crippen molar-refractivity contribution in [1.82, 2.24) is 0 Å². The van der Waals surface area contributed by atoms with Gasteiger partial charge in [0.05, 0.1) is 23.8 Å². The molecule has 0 atom stereocenters. The molecule has 2 aromatic carbocycles. The van der Waals surface area contributed by atoms with Gasteiger partial charge in [0, 0.05) is 17.3 Å². The van der Waals surface area contributed by atoms with Crippen molar-refractivity contribution in [2.45, 2.75) is 27.2 Å². The number of methoxy groups -OCH3 is 1. The fourth-order valence-electron chi connectivity index (χ4n) is 3.22. The number of ether oxygens (including phenoxy) is 2. The predicted molar refractivity (Wildman–Crippen MR) is 114 cm³/mol. The average molecular weight is 417 g/mol. The SMILES string of the molecule is CCCN1C(=O)C(C)(C)COc2ccc(NC(=O)c3cc(Cl)ccc3OC)cc21. The van der Waals surface area contributed by atoms with Gasteiger partial charge < -0.3 is 19.7 Å². The van der Waals surface area contributed by atoms with Crippen LogP contribution in [-0.4, -0.2) is 32.1 Å². The zero-order chi connectivity index (χ0) is 21.2. The molecule has 154 valence electrons. The quantitative estimate of drug-likeness (QED) is 0.762. The Labute approximate surface area is 175 Å². The largest absolute Gasteiger partial charge is 0.496 e. The minimum absolute atomic E-state index is 0.00177. The van der Waals surface area contributed by atoms with E-state index >= 15 is 0 Å². The van der Waals surface area contributed by atoms with Crippen molar-refractivity contribution in [3.05, 3.63) is 47.0 Å². The molecular formula is C22H25ClN2O4. The van der Waals surface area contributed by atoms with E-state index in [2.05, 4.69) is 5.32 Å². The van der Waals surface area contributed by atoms with Gasteiger partial charge in [-0.05, 0) is 56.7 Å². The molecule has 1 aliphatic heterocycles. The smallest absolute Gasteiger partial charge is 0.259 e. The number of anilines is 2. The first-order valence-electron chi connectivity index (χ1n) is 9.50. The summed E-state index contributed by atoms with van der Waals surface area (Å²) in [5.41, 5.74) is 0.895. The second kappa shape index (κ2) is 8.33. The number of carbonyl (C=O) groups is 2. The van der Waals surface area contributed by atoms with Crippen LogP contribution in [-0.2, 0) is 4.79 Å². The van der Waals surface area contributed by atoms with Crippen molar-refractivity contribution in [2.24, 2.45) is 5.41 Å². The molecule has 6 nitrogen and oxygen atoms in total. The number of nitrogens with zero attached hydrogens (tertiary/aromatic N) is 1. The van der Waals surface area contributed by atoms with E-state index in [9.17, 15) is 9.59 Å². The number of amides is 2. The standard InChI is InChI=1S/C22H25ClN2O4/c1-5-10-25-17-12-15(7-9-19(17)29-13-22(2,3)21(25)27)24-20(26)16-11-14(23)6-8-18(16)28-4/h6-9,11-12H,5,10,13H2,1-4H3,(H,24,26). The average Bonchev–Trinajstić information content (AvgIpc) is 2.78. The van der Waals surface area contributed by atoms with Gasteiger partial charge in [0.2, 0.25) is 5.91 Å². The molecule has 0 bridgehead atoms. The highest BCUT2D eigenvalue weighted by molar-refractivity contribution is 6.31. The zero-order valence-corrected chi connectivity index (χ0v) is 17.8. The third-order valence-electron chi connectivity index (χ3n) is 4.77. The van der Waals surface area contributed by atoms with E-state index < -0.39 is 5.41 Å². The fraction of sp³-hybridized carbons (Fsp3) is 0.364. The highest BCUT2D eigenvalue weighted by Crippen LogP contribution is 2.38. The topological polar surface area (TPSA) is 67.9 Å². The Morgan fingerprint density at radius 1 is 1.28 bits per heavy atom. The molecule has 0 aromatic heterocycles. The Hall–Kier alpha value is -2.73. The lowest BCUT2D eigenvalue weighted by atomic mass is 9.93. The molecule has 0 aliphatic carbocycles. The molecule has 1 N–H and O–H groups in total. The minimum atomic E-state index is -0.633. The summed E-state index contributed by atoms with van der Waals surface area (Å²) in [5.74, 6) is 0.691. The van der Waals surface area contributed by atoms with Crippen molar-refractivity contribution in [3.63, 3.8) is 0 Å². The summed E-state index contributed by atoms with van der Waals surface area (Å²) in [5, 5.41) is 3.30. The molecule has 1 heterocycles. The van der Waals surface area contributed by atoms with Crippen molar-refractivity contribution >= 4 is 34.8 Å². The maximum absolute atomic E-state index is 13.0. The summed E-state index contributed by atoms with van der Waals surface area (Å²) < 4.78 is 11.2. The van der Waals surface area contributed by atoms with Crippen LogP contribution in [0.4, 0.5) is 11.4 Å². The first kappa shape index (κ1) is 21.0. The van der Waals surface area contributed by atoms with Gasteiger partial charge in [0.1, 0.15) is 18.1 Å². The molecule has 1 aliphatic rings. The molecule has 0 spiro atoms. The summed E-state index contributed by atoms with van der Waals surface area (Å²) in [6, 6.07) is 10.1. The first-order valence-corrected chi connectivity index (χ1v) is 9.88. The van der Waals surface area contributed by atoms with Crippen molar-refractivity contribution in [1.29, 1.82) is 0 Å². The normalized spacial score (nSPS) is 15.2. The Balaban J connectivity index is 1.94. The lowest BCUT2D eigenvalue weighted by Gasteiger charge is -2.27. The summed E-state index contributed by atoms with van der Waals surface area (Å²) in [6.45, 7) is 6.63. The second-order valence-electron chi connectivity index (χ2n) is 7.61. The number of hydrogen-bond donors (Lipinski definition) is 1. The molecule has 0 fully saturated rings. The Morgan fingerprint density at radius 3 is 2.72 bits per heavy atom. The molecule has 0 unspecified atom stereocenters. The van der Waals surface area contributed by atoms with Gasteiger partial charge in [-0.2, -0.15) is 0 Å². The molecule has 7 heteroatoms. The Kier molecular flexibility index (Phi) is 6.03. The number of fused-ring (bicyclic) bond motifs is 1. The van der Waals surface area contributed by atoms with E-state index in [0.717, 1.165) is 6.42 Å². The predicted octanol–water partition coefficient (Wildman–Crippen LogP) is 4.76. The van der Waals surface area contributed by atoms with Crippen molar-refractivity contribution in [3.8, 4) is 11.5 Å². The second-order valence-corrected chi connectivity index (χ2v) is 8.05. The molecule has 0 saturated heterocycles. The van der Waals surface area contributed by atoms with Gasteiger partial charge in [-0.15, -0.1) is 0 Å². The monoisotopic (exact) mass is 416 g/mol. The molecule has 29 heavy (non-hydrogen) atoms. The summed E-state index contributed by atoms with van der Waals surface area (Å²) in [4.78, 5) is 27.6. The van der Waals surface area contributed by atoms with Crippen molar-refractivity contribution in [2.75, 3.05) is 30.5 Å². The maximum atomic E-state index is 13.0. The zero-order valence-electron chi connectivity index (χ0n) is 17.0. The molecular weight excluding hydrogens is 392 g/mol. The van der Waals surface area contributed by atoms with Crippen LogP contribution in [0, 0.1) is 5.41 Å². The van der Waals surface area contributed by atoms with Crippen molar-refractivity contribution < 1.29 is 19.1 Å². The van der Waals surface area contributed by atoms with E-state index in [1.54, 1.807) is 41.3 Å². The number of halogens is 1. The molecule has 0 saturated carbocycles. The van der Waals surface area contributed by atoms with Crippen LogP contribution in [0.5, 0.6) is 11.5 Å². The van der Waals surface area contributed by atoms with Gasteiger partial charge in [-0.1, -0.05) is 18.5 Å². The van der Waals surface area contributed by atoms with Crippen LogP contribution < -0.4 is 19.7 Å². The Morgan fingerprint density at radius 2 is 2.03 bits per heavy atom. The summed E-state index contributed by atoms with van der Waals surface area (Å²) in [7, 11) is 1.50. The number of carbonyl (C=O) groups excluding carboxylic acids is 2. The van der Waals surface area contributed by atoms with Gasteiger partial charge in [0.25, 0.3) is 5.91 Å². The Bertz CT molecular complexity index is 942. The third kappa shape index (κ3) is 4.32. The van der Waals surface area contributed by atoms with E-state index in [0.29, 0.717) is 46.6 Å². The van der Waals surface area contributed by atoms with E-state index in [1.165, 1.54) is 7.11 Å². The number of rotatable bonds is 5. The van der Waals surface area contributed by atoms with Crippen LogP contribution in [0.25, 0.3) is 0 Å². The molecule has 3 rings (SSSR count). The van der Waals surface area contributed by atoms with Gasteiger partial charge in [-0.3, -0.25) is 9.59 Å². The molecule has 2 amide bonds. The van der Waals surface area contributed by atoms with Crippen LogP contribution in [0.3, 0.4) is 0 Å². The summed E-state index contributed by atoms with van der Waals surface area (Å²) >= 11 is 6.03. The number of benzene rings is 2. The molecule has 2 aromatic rings. The fourth-order valence-corrected chi connectivity index (χ4v) is 3.40. The molecule has 0 radical (unpaired) electrons. The number of nitrogens with one attached hydrogen (secondary N) is 1. The maximum Gasteiger partial charge on any atom is 0.259 e. The highest BCUT2D eigenvalue weighted by atomic mass is 35.5. The van der Waals surface area contributed by atoms with Gasteiger partial charge in [0.15, 0.2) is 0 Å². The van der Waals surface area contributed by atoms with Crippen LogP contribution in [0.2, 0.25) is 5.02 Å². The van der Waals surface area contributed by atoms with E-state index in [4.69, 9.17) is 21.1 Å². The van der Waals surface area contributed by atoms with E-state index in [-0.39, 0.29) is 11.8 Å².